The minimum absolute atomic E-state index is 0.0850. The van der Waals surface area contributed by atoms with Crippen LogP contribution in [0.3, 0.4) is 0 Å². The third-order valence-electron chi connectivity index (χ3n) is 5.62. The maximum atomic E-state index is 12.6. The van der Waals surface area contributed by atoms with Crippen molar-refractivity contribution in [1.29, 1.82) is 0 Å². The molecule has 1 saturated carbocycles. The molecule has 2 rings (SSSR count). The van der Waals surface area contributed by atoms with Crippen molar-refractivity contribution in [3.05, 3.63) is 0 Å². The number of aliphatic carboxylic acids is 1. The molecule has 23 heavy (non-hydrogen) atoms. The molecule has 3 unspecified atom stereocenters. The number of carbonyl (C=O) groups is 3. The molecule has 3 atom stereocenters. The minimum atomic E-state index is -0.992. The lowest BCUT2D eigenvalue weighted by Crippen LogP contribution is -2.43. The molecule has 1 heterocycles. The first-order chi connectivity index (χ1) is 10.8. The third kappa shape index (κ3) is 4.03. The molecule has 1 saturated heterocycles. The monoisotopic (exact) mass is 324 g/mol. The number of carboxylic acid groups (broad SMARTS) is 1. The van der Waals surface area contributed by atoms with Gasteiger partial charge < -0.3 is 14.9 Å². The molecule has 2 aliphatic rings. The quantitative estimate of drug-likeness (QED) is 0.835. The first kappa shape index (κ1) is 17.8. The van der Waals surface area contributed by atoms with Crippen LogP contribution in [0.2, 0.25) is 0 Å². The lowest BCUT2D eigenvalue weighted by molar-refractivity contribution is -0.145. The fourth-order valence-electron chi connectivity index (χ4n) is 3.66. The number of hydrogen-bond donors (Lipinski definition) is 1. The molecule has 0 aromatic heterocycles. The molecule has 2 fully saturated rings. The first-order valence-electron chi connectivity index (χ1n) is 8.56. The molecule has 0 aromatic carbocycles. The van der Waals surface area contributed by atoms with E-state index in [1.165, 1.54) is 11.8 Å². The fraction of sp³-hybridized carbons (Fsp3) is 0.824. The zero-order chi connectivity index (χ0) is 17.2. The Morgan fingerprint density at radius 1 is 1.26 bits per heavy atom. The van der Waals surface area contributed by atoms with Gasteiger partial charge in [-0.25, -0.2) is 0 Å². The van der Waals surface area contributed by atoms with E-state index in [0.717, 1.165) is 25.7 Å². The van der Waals surface area contributed by atoms with Crippen molar-refractivity contribution in [2.45, 2.75) is 58.9 Å². The topological polar surface area (TPSA) is 77.9 Å². The van der Waals surface area contributed by atoms with Gasteiger partial charge in [0.15, 0.2) is 0 Å². The number of carbonyl (C=O) groups excluding carboxylic acids is 2. The van der Waals surface area contributed by atoms with Crippen LogP contribution in [0.15, 0.2) is 0 Å². The lowest BCUT2D eigenvalue weighted by atomic mass is 10.0. The van der Waals surface area contributed by atoms with Crippen molar-refractivity contribution in [1.82, 2.24) is 9.80 Å². The molecule has 2 amide bonds. The Hall–Kier alpha value is -1.59. The molecular weight excluding hydrogens is 296 g/mol. The summed E-state index contributed by atoms with van der Waals surface area (Å²) in [6, 6.07) is -0.0850. The average Bonchev–Trinajstić information content (AvgIpc) is 3.22. The highest BCUT2D eigenvalue weighted by atomic mass is 16.4. The van der Waals surface area contributed by atoms with Gasteiger partial charge in [0, 0.05) is 32.0 Å². The standard InChI is InChI=1S/C17H28N2O4/c1-4-17(3)10-14(17)16(23)18-8-5-6-13(7-9-18)19(12(2)20)11-15(21)22/h13-14H,4-11H2,1-3H3,(H,21,22). The van der Waals surface area contributed by atoms with Crippen molar-refractivity contribution >= 4 is 17.8 Å². The smallest absolute Gasteiger partial charge is 0.323 e. The second-order valence-electron chi connectivity index (χ2n) is 7.21. The van der Waals surface area contributed by atoms with Crippen LogP contribution < -0.4 is 0 Å². The van der Waals surface area contributed by atoms with Crippen LogP contribution in [0.5, 0.6) is 0 Å². The molecule has 6 nitrogen and oxygen atoms in total. The SMILES string of the molecule is CCC1(C)CC1C(=O)N1CCCC(N(CC(=O)O)C(C)=O)CC1. The van der Waals surface area contributed by atoms with Crippen LogP contribution in [-0.4, -0.2) is 58.4 Å². The summed E-state index contributed by atoms with van der Waals surface area (Å²) in [6.45, 7) is 6.77. The highest BCUT2D eigenvalue weighted by Gasteiger charge is 2.54. The zero-order valence-corrected chi connectivity index (χ0v) is 14.4. The van der Waals surface area contributed by atoms with Gasteiger partial charge in [0.05, 0.1) is 0 Å². The van der Waals surface area contributed by atoms with E-state index in [0.29, 0.717) is 19.5 Å². The Morgan fingerprint density at radius 3 is 2.48 bits per heavy atom. The molecule has 6 heteroatoms. The van der Waals surface area contributed by atoms with Gasteiger partial charge >= 0.3 is 5.97 Å². The highest BCUT2D eigenvalue weighted by molar-refractivity contribution is 5.83. The van der Waals surface area contributed by atoms with E-state index in [2.05, 4.69) is 13.8 Å². The summed E-state index contributed by atoms with van der Waals surface area (Å²) in [4.78, 5) is 38.7. The second-order valence-corrected chi connectivity index (χ2v) is 7.21. The summed E-state index contributed by atoms with van der Waals surface area (Å²) in [6.07, 6.45) is 4.23. The molecular formula is C17H28N2O4. The molecule has 0 aromatic rings. The minimum Gasteiger partial charge on any atom is -0.480 e. The first-order valence-corrected chi connectivity index (χ1v) is 8.56. The van der Waals surface area contributed by atoms with Gasteiger partial charge in [0.2, 0.25) is 11.8 Å². The summed E-state index contributed by atoms with van der Waals surface area (Å²) >= 11 is 0. The van der Waals surface area contributed by atoms with Crippen LogP contribution in [0.25, 0.3) is 0 Å². The summed E-state index contributed by atoms with van der Waals surface area (Å²) in [5.74, 6) is -0.818. The van der Waals surface area contributed by atoms with Gasteiger partial charge in [-0.05, 0) is 37.5 Å². The van der Waals surface area contributed by atoms with Gasteiger partial charge in [0.25, 0.3) is 0 Å². The van der Waals surface area contributed by atoms with Crippen molar-refractivity contribution in [2.24, 2.45) is 11.3 Å². The van der Waals surface area contributed by atoms with E-state index in [1.807, 2.05) is 4.90 Å². The van der Waals surface area contributed by atoms with Crippen molar-refractivity contribution in [2.75, 3.05) is 19.6 Å². The summed E-state index contributed by atoms with van der Waals surface area (Å²) in [7, 11) is 0. The number of carboxylic acids is 1. The van der Waals surface area contributed by atoms with Crippen molar-refractivity contribution in [3.8, 4) is 0 Å². The van der Waals surface area contributed by atoms with Crippen LogP contribution in [0.1, 0.15) is 52.9 Å². The predicted octanol–water partition coefficient (Wildman–Crippen LogP) is 1.74. The molecule has 130 valence electrons. The molecule has 0 spiro atoms. The van der Waals surface area contributed by atoms with Crippen LogP contribution in [-0.2, 0) is 14.4 Å². The van der Waals surface area contributed by atoms with Gasteiger partial charge in [-0.1, -0.05) is 13.8 Å². The third-order valence-corrected chi connectivity index (χ3v) is 5.62. The Morgan fingerprint density at radius 2 is 1.96 bits per heavy atom. The van der Waals surface area contributed by atoms with Gasteiger partial charge in [-0.15, -0.1) is 0 Å². The van der Waals surface area contributed by atoms with Gasteiger partial charge in [-0.2, -0.15) is 0 Å². The maximum absolute atomic E-state index is 12.6. The molecule has 1 aliphatic carbocycles. The van der Waals surface area contributed by atoms with E-state index in [1.54, 1.807) is 0 Å². The van der Waals surface area contributed by atoms with Crippen LogP contribution in [0, 0.1) is 11.3 Å². The Bertz CT molecular complexity index is 493. The number of nitrogens with zero attached hydrogens (tertiary/aromatic N) is 2. The number of likely N-dealkylation sites (tertiary alicyclic amines) is 1. The van der Waals surface area contributed by atoms with Crippen LogP contribution >= 0.6 is 0 Å². The Kier molecular flexibility index (Phi) is 5.32. The van der Waals surface area contributed by atoms with Crippen molar-refractivity contribution in [3.63, 3.8) is 0 Å². The van der Waals surface area contributed by atoms with Gasteiger partial charge in [-0.3, -0.25) is 14.4 Å². The zero-order valence-electron chi connectivity index (χ0n) is 14.4. The van der Waals surface area contributed by atoms with Crippen LogP contribution in [0.4, 0.5) is 0 Å². The molecule has 1 aliphatic heterocycles. The fourth-order valence-corrected chi connectivity index (χ4v) is 3.66. The lowest BCUT2D eigenvalue weighted by Gasteiger charge is -2.29. The second kappa shape index (κ2) is 6.89. The van der Waals surface area contributed by atoms with E-state index >= 15 is 0 Å². The number of hydrogen-bond acceptors (Lipinski definition) is 3. The highest BCUT2D eigenvalue weighted by Crippen LogP contribution is 2.55. The summed E-state index contributed by atoms with van der Waals surface area (Å²) in [5, 5.41) is 8.98. The van der Waals surface area contributed by atoms with E-state index in [9.17, 15) is 14.4 Å². The Balaban J connectivity index is 1.95. The normalized spacial score (nSPS) is 30.5. The van der Waals surface area contributed by atoms with Gasteiger partial charge in [0.1, 0.15) is 6.54 Å². The maximum Gasteiger partial charge on any atom is 0.323 e. The average molecular weight is 324 g/mol. The number of amides is 2. The molecule has 0 radical (unpaired) electrons. The summed E-state index contributed by atoms with van der Waals surface area (Å²) < 4.78 is 0. The van der Waals surface area contributed by atoms with Crippen molar-refractivity contribution < 1.29 is 19.5 Å². The number of rotatable bonds is 5. The van der Waals surface area contributed by atoms with E-state index in [-0.39, 0.29) is 35.7 Å². The molecule has 0 bridgehead atoms. The predicted molar refractivity (Wildman–Crippen MR) is 85.7 cm³/mol. The molecule has 1 N–H and O–H groups in total. The Labute approximate surface area is 137 Å². The summed E-state index contributed by atoms with van der Waals surface area (Å²) in [5.41, 5.74) is 0.164. The van der Waals surface area contributed by atoms with E-state index < -0.39 is 5.97 Å². The largest absolute Gasteiger partial charge is 0.480 e. The van der Waals surface area contributed by atoms with E-state index in [4.69, 9.17) is 5.11 Å².